The molecule has 2 fully saturated rings. The second kappa shape index (κ2) is 59.5. The van der Waals surface area contributed by atoms with Crippen LogP contribution in [0.25, 0.3) is 42.5 Å². The summed E-state index contributed by atoms with van der Waals surface area (Å²) in [5, 5.41) is 10.8. The maximum Gasteiger partial charge on any atom is 0.267 e. The summed E-state index contributed by atoms with van der Waals surface area (Å²) in [5.41, 5.74) is 2.85. The molecule has 10 rings (SSSR count). The van der Waals surface area contributed by atoms with E-state index in [9.17, 15) is 95.0 Å². The van der Waals surface area contributed by atoms with Crippen LogP contribution in [-0.4, -0.2) is 184 Å². The first-order valence-corrected chi connectivity index (χ1v) is 42.7. The number of piperazine rings is 1. The molecule has 36 heteroatoms. The minimum absolute atomic E-state index is 0.0698. The Hall–Kier alpha value is -14.2. The highest BCUT2D eigenvalue weighted by Crippen LogP contribution is 2.37. The molecular formula is C101H109F14N7O15. The van der Waals surface area contributed by atoms with E-state index in [1.165, 1.54) is 220 Å². The van der Waals surface area contributed by atoms with Gasteiger partial charge in [0.2, 0.25) is 41.4 Å². The topological polar surface area (TPSA) is 251 Å². The van der Waals surface area contributed by atoms with E-state index >= 15 is 0 Å². The van der Waals surface area contributed by atoms with E-state index < -0.39 is 56.8 Å². The molecule has 0 aliphatic carbocycles. The number of carbonyl (C=O) groups excluding carboxylic acids is 7. The summed E-state index contributed by atoms with van der Waals surface area (Å²) in [5.74, 6) is -0.854. The van der Waals surface area contributed by atoms with Crippen LogP contribution in [0.2, 0.25) is 0 Å². The van der Waals surface area contributed by atoms with Crippen molar-refractivity contribution in [1.29, 1.82) is 0 Å². The second-order valence-corrected chi connectivity index (χ2v) is 30.0. The molecule has 2 saturated heterocycles. The van der Waals surface area contributed by atoms with Gasteiger partial charge in [-0.3, -0.25) is 33.6 Å². The van der Waals surface area contributed by atoms with Crippen molar-refractivity contribution >= 4 is 83.9 Å². The Labute approximate surface area is 785 Å². The predicted octanol–water partition coefficient (Wildman–Crippen LogP) is 20.2. The van der Waals surface area contributed by atoms with E-state index in [0.717, 1.165) is 18.4 Å². The molecule has 736 valence electrons. The number of nitrogens with zero attached hydrogens (tertiary/aromatic N) is 3. The van der Waals surface area contributed by atoms with Crippen molar-refractivity contribution in [2.75, 3.05) is 128 Å². The van der Waals surface area contributed by atoms with Gasteiger partial charge in [-0.1, -0.05) is 86.6 Å². The normalized spacial score (nSPS) is 12.8. The second-order valence-electron chi connectivity index (χ2n) is 30.0. The fourth-order valence-electron chi connectivity index (χ4n) is 12.8. The molecule has 8 aromatic carbocycles. The number of ether oxygens (including phenoxy) is 8. The molecule has 2 heterocycles. The average Bonchev–Trinajstić information content (AvgIpc) is 1.14. The lowest BCUT2D eigenvalue weighted by molar-refractivity contribution is -0.133. The molecule has 22 nitrogen and oxygen atoms in total. The van der Waals surface area contributed by atoms with Crippen LogP contribution in [0.5, 0.6) is 40.2 Å². The Morgan fingerprint density at radius 3 is 0.745 bits per heavy atom. The van der Waals surface area contributed by atoms with Crippen molar-refractivity contribution < 1.29 is 133 Å². The van der Waals surface area contributed by atoms with Crippen LogP contribution in [0.1, 0.15) is 155 Å². The first-order chi connectivity index (χ1) is 65.6. The third-order valence-corrected chi connectivity index (χ3v) is 20.1. The van der Waals surface area contributed by atoms with Gasteiger partial charge in [0.05, 0.1) is 102 Å². The van der Waals surface area contributed by atoms with Gasteiger partial charge in [-0.2, -0.15) is 0 Å². The molecule has 2 aliphatic heterocycles. The molecule has 0 atom stereocenters. The summed E-state index contributed by atoms with van der Waals surface area (Å²) < 4.78 is 222. The Balaban J connectivity index is 0.000000268. The molecule has 0 radical (unpaired) electrons. The molecule has 4 N–H and O–H groups in total. The smallest absolute Gasteiger partial charge is 0.267 e. The van der Waals surface area contributed by atoms with Crippen molar-refractivity contribution in [3.8, 4) is 40.2 Å². The molecule has 2 aliphatic rings. The van der Waals surface area contributed by atoms with Crippen LogP contribution >= 0.6 is 0 Å². The van der Waals surface area contributed by atoms with Crippen LogP contribution in [-0.2, 0) is 44.7 Å². The first kappa shape index (κ1) is 112. The zero-order valence-corrected chi connectivity index (χ0v) is 76.6. The largest absolute Gasteiger partial charge is 0.496 e. The minimum Gasteiger partial charge on any atom is -0.496 e. The van der Waals surface area contributed by atoms with Crippen molar-refractivity contribution in [2.24, 2.45) is 5.92 Å². The van der Waals surface area contributed by atoms with Gasteiger partial charge in [0.1, 0.15) is 40.2 Å². The summed E-state index contributed by atoms with van der Waals surface area (Å²) in [6.07, 6.45) is 2.77. The SMILES string of the molecule is COc1ccc(/C=C/C(=O)N2CCN(C(=O)/C=C/c3ccc(OC)c(C(F)F)c3)CC2)cc1C(F)F.COc1ccc(/C=C/C(=O)N2CCOCC2)cc1C(F)F.COc1ccc(/C=C/C(=O)NCCC(C)C)cc1C(F)F.COc1ccc(/C=C/C(=O)NCCCNC(=O)/C=C/c2ccc(OC)c(C(F)F)c2)cc1C(F)F.COc1ccc(/C=C/C(=O)NCCc2ccccc2)cc1C(F)F. The highest BCUT2D eigenvalue weighted by atomic mass is 19.3. The molecule has 0 aromatic heterocycles. The first-order valence-electron chi connectivity index (χ1n) is 42.7. The van der Waals surface area contributed by atoms with E-state index in [2.05, 4.69) is 35.1 Å². The van der Waals surface area contributed by atoms with Crippen LogP contribution in [0.4, 0.5) is 61.5 Å². The molecule has 7 amide bonds. The number of rotatable bonds is 38. The van der Waals surface area contributed by atoms with Gasteiger partial charge in [0.15, 0.2) is 0 Å². The van der Waals surface area contributed by atoms with Crippen molar-refractivity contribution in [3.63, 3.8) is 0 Å². The van der Waals surface area contributed by atoms with E-state index in [-0.39, 0.29) is 122 Å². The Morgan fingerprint density at radius 1 is 0.299 bits per heavy atom. The zero-order chi connectivity index (χ0) is 100. The lowest BCUT2D eigenvalue weighted by Crippen LogP contribution is -2.49. The number of benzene rings is 8. The number of carbonyl (C=O) groups is 7. The van der Waals surface area contributed by atoms with Gasteiger partial charge < -0.3 is 73.9 Å². The zero-order valence-electron chi connectivity index (χ0n) is 76.6. The van der Waals surface area contributed by atoms with E-state index in [1.807, 2.05) is 30.3 Å². The monoisotopic (exact) mass is 1930 g/mol. The molecule has 0 unspecified atom stereocenters. The van der Waals surface area contributed by atoms with Gasteiger partial charge >= 0.3 is 0 Å². The quantitative estimate of drug-likeness (QED) is 0.0160. The van der Waals surface area contributed by atoms with Crippen LogP contribution < -0.4 is 54.4 Å². The summed E-state index contributed by atoms with van der Waals surface area (Å²) in [7, 11) is 9.25. The molecule has 0 spiro atoms. The number of hydrogen-bond donors (Lipinski definition) is 4. The number of amides is 7. The highest BCUT2D eigenvalue weighted by Gasteiger charge is 2.25. The number of halogens is 14. The molecule has 0 bridgehead atoms. The summed E-state index contributed by atoms with van der Waals surface area (Å²) in [4.78, 5) is 88.9. The maximum absolute atomic E-state index is 13.2. The van der Waals surface area contributed by atoms with Crippen LogP contribution in [0, 0.1) is 5.92 Å². The maximum atomic E-state index is 13.2. The van der Waals surface area contributed by atoms with Gasteiger partial charge in [-0.25, -0.2) is 61.5 Å². The van der Waals surface area contributed by atoms with Crippen LogP contribution in [0.3, 0.4) is 0 Å². The highest BCUT2D eigenvalue weighted by molar-refractivity contribution is 5.96. The number of morpholine rings is 1. The number of methoxy groups -OCH3 is 7. The Bertz CT molecular complexity index is 5260. The van der Waals surface area contributed by atoms with Crippen LogP contribution in [0.15, 0.2) is 200 Å². The van der Waals surface area contributed by atoms with Gasteiger partial charge in [-0.05, 0) is 197 Å². The molecule has 0 saturated carbocycles. The van der Waals surface area contributed by atoms with Crippen molar-refractivity contribution in [1.82, 2.24) is 36.0 Å². The van der Waals surface area contributed by atoms with E-state index in [0.29, 0.717) is 117 Å². The molecular weight excluding hydrogens is 1820 g/mol. The lowest BCUT2D eigenvalue weighted by Gasteiger charge is -2.33. The Morgan fingerprint density at radius 2 is 0.518 bits per heavy atom. The summed E-state index contributed by atoms with van der Waals surface area (Å²) in [6.45, 7) is 9.15. The van der Waals surface area contributed by atoms with Crippen molar-refractivity contribution in [3.05, 3.63) is 284 Å². The minimum atomic E-state index is -2.71. The molecule has 8 aromatic rings. The average molecular weight is 1930 g/mol. The fourth-order valence-corrected chi connectivity index (χ4v) is 12.8. The summed E-state index contributed by atoms with van der Waals surface area (Å²) >= 11 is 0. The molecule has 137 heavy (non-hydrogen) atoms. The standard InChI is InChI=1S/C26H26F4N2O4.C25H26F4N2O4.C19H19F2NO2.C16H21F2NO2.C15H17F2NO3/c1-35-21-7-3-17(15-19(21)25(27)28)5-9-23(33)31-11-13-32(14-12-31)24(34)10-6-18-4-8-22(36-2)20(16-18)26(29)30;1-34-20-8-4-16(14-18(20)24(26)27)6-10-22(32)30-12-3-13-31-23(33)11-7-17-5-9-21(35-2)19(15-17)25(28)29;1-24-17-9-7-15(13-16(17)19(20)21)8-10-18(23)22-12-11-14-5-3-2-4-6-14;1-11(2)8-9-19-15(20)7-5-12-4-6-14(21-3)13(10-12)16(17)18;1-20-13-4-2-11(10-12(13)15(16)17)3-5-14(19)18-6-8-21-9-7-18/h3-10,15-16,25-26H,11-14H2,1-2H3;4-11,14-15,24-25H,3,12-13H2,1-2H3,(H,30,32)(H,31,33);2-10,13,19H,11-12H2,1H3,(H,22,23);4-7,10-11,16H,8-9H2,1-3H3,(H,19,20);2-5,10,15H,6-9H2,1H3/b9-5+,10-6+;10-6+,11-7+;10-8+;7-5+;5-3+. The van der Waals surface area contributed by atoms with Gasteiger partial charge in [0.25, 0.3) is 45.0 Å². The predicted molar refractivity (Wildman–Crippen MR) is 496 cm³/mol. The fraction of sp³-hybridized carbons (Fsp3) is 0.317. The number of nitrogens with one attached hydrogen (secondary N) is 4. The van der Waals surface area contributed by atoms with Crippen molar-refractivity contribution in [2.45, 2.75) is 78.1 Å². The summed E-state index contributed by atoms with van der Waals surface area (Å²) in [6, 6.07) is 40.0. The van der Waals surface area contributed by atoms with E-state index in [1.54, 1.807) is 57.2 Å². The van der Waals surface area contributed by atoms with E-state index in [4.69, 9.17) is 37.9 Å². The lowest BCUT2D eigenvalue weighted by atomic mass is 10.1. The Kier molecular flexibility index (Phi) is 48.5. The third kappa shape index (κ3) is 39.0. The third-order valence-electron chi connectivity index (χ3n) is 20.1. The van der Waals surface area contributed by atoms with Gasteiger partial charge in [0, 0.05) is 108 Å². The van der Waals surface area contributed by atoms with Gasteiger partial charge in [-0.15, -0.1) is 0 Å². The number of hydrogen-bond acceptors (Lipinski definition) is 15. The number of alkyl halides is 14.